The van der Waals surface area contributed by atoms with Gasteiger partial charge in [0.05, 0.1) is 0 Å². The van der Waals surface area contributed by atoms with Crippen molar-refractivity contribution in [3.8, 4) is 5.75 Å². The molecule has 5 rings (SSSR count). The molecule has 0 amide bonds. The van der Waals surface area contributed by atoms with Crippen molar-refractivity contribution in [1.29, 1.82) is 0 Å². The van der Waals surface area contributed by atoms with Crippen LogP contribution in [0.2, 0.25) is 0 Å². The van der Waals surface area contributed by atoms with Gasteiger partial charge in [-0.1, -0.05) is 60.7 Å². The number of hydrogen-bond donors (Lipinski definition) is 1. The molecule has 0 spiro atoms. The second kappa shape index (κ2) is 4.58. The SMILES string of the molecule is OCOc1c2ccccc2c2ccc3cccc4ccc1c2c43. The number of hydrogen-bond acceptors (Lipinski definition) is 2. The first-order valence-corrected chi connectivity index (χ1v) is 7.70. The van der Waals surface area contributed by atoms with Crippen molar-refractivity contribution >= 4 is 43.1 Å². The lowest BCUT2D eigenvalue weighted by atomic mass is 9.90. The van der Waals surface area contributed by atoms with Gasteiger partial charge in [0.15, 0.2) is 6.79 Å². The van der Waals surface area contributed by atoms with Crippen LogP contribution < -0.4 is 4.74 Å². The van der Waals surface area contributed by atoms with E-state index in [2.05, 4.69) is 54.6 Å². The van der Waals surface area contributed by atoms with Crippen LogP contribution in [-0.4, -0.2) is 11.9 Å². The van der Waals surface area contributed by atoms with Crippen LogP contribution in [0.3, 0.4) is 0 Å². The van der Waals surface area contributed by atoms with Crippen molar-refractivity contribution in [2.45, 2.75) is 0 Å². The molecule has 0 saturated heterocycles. The lowest BCUT2D eigenvalue weighted by molar-refractivity contribution is 0.101. The summed E-state index contributed by atoms with van der Waals surface area (Å²) in [7, 11) is 0. The van der Waals surface area contributed by atoms with Gasteiger partial charge in [-0.3, -0.25) is 0 Å². The van der Waals surface area contributed by atoms with Gasteiger partial charge in [0, 0.05) is 16.2 Å². The van der Waals surface area contributed by atoms with E-state index in [4.69, 9.17) is 4.74 Å². The smallest absolute Gasteiger partial charge is 0.186 e. The number of benzene rings is 5. The average Bonchev–Trinajstić information content (AvgIpc) is 2.61. The second-order valence-electron chi connectivity index (χ2n) is 5.83. The Balaban J connectivity index is 2.16. The number of aliphatic hydroxyl groups excluding tert-OH is 1. The third-order valence-electron chi connectivity index (χ3n) is 4.69. The predicted octanol–water partition coefficient (Wildman–Crippen LogP) is 5.07. The summed E-state index contributed by atoms with van der Waals surface area (Å²) in [6.07, 6.45) is 0. The molecule has 0 aliphatic carbocycles. The highest BCUT2D eigenvalue weighted by molar-refractivity contribution is 6.31. The van der Waals surface area contributed by atoms with E-state index in [0.717, 1.165) is 21.9 Å². The van der Waals surface area contributed by atoms with E-state index in [0.29, 0.717) is 0 Å². The fraction of sp³-hybridized carbons (Fsp3) is 0.0476. The molecule has 0 unspecified atom stereocenters. The highest BCUT2D eigenvalue weighted by Crippen LogP contribution is 2.44. The Hall–Kier alpha value is -2.84. The Morgan fingerprint density at radius 3 is 2.04 bits per heavy atom. The van der Waals surface area contributed by atoms with Gasteiger partial charge in [-0.05, 0) is 33.0 Å². The Labute approximate surface area is 132 Å². The molecular weight excluding hydrogens is 284 g/mol. The van der Waals surface area contributed by atoms with Gasteiger partial charge in [0.25, 0.3) is 0 Å². The Kier molecular flexibility index (Phi) is 2.52. The third-order valence-corrected chi connectivity index (χ3v) is 4.69. The van der Waals surface area contributed by atoms with Crippen LogP contribution in [0, 0.1) is 0 Å². The van der Waals surface area contributed by atoms with E-state index in [-0.39, 0.29) is 6.79 Å². The largest absolute Gasteiger partial charge is 0.466 e. The fourth-order valence-corrected chi connectivity index (χ4v) is 3.78. The van der Waals surface area contributed by atoms with Gasteiger partial charge in [0.2, 0.25) is 0 Å². The van der Waals surface area contributed by atoms with Crippen molar-refractivity contribution in [3.05, 3.63) is 66.7 Å². The highest BCUT2D eigenvalue weighted by Gasteiger charge is 2.16. The third kappa shape index (κ3) is 1.61. The number of fused-ring (bicyclic) bond motifs is 2. The maximum atomic E-state index is 9.35. The molecule has 23 heavy (non-hydrogen) atoms. The van der Waals surface area contributed by atoms with Crippen molar-refractivity contribution in [3.63, 3.8) is 0 Å². The van der Waals surface area contributed by atoms with Crippen LogP contribution in [0.4, 0.5) is 0 Å². The van der Waals surface area contributed by atoms with Crippen LogP contribution in [0.15, 0.2) is 66.7 Å². The summed E-state index contributed by atoms with van der Waals surface area (Å²) < 4.78 is 5.63. The monoisotopic (exact) mass is 298 g/mol. The Morgan fingerprint density at radius 1 is 0.609 bits per heavy atom. The summed E-state index contributed by atoms with van der Waals surface area (Å²) in [6.45, 7) is -0.325. The van der Waals surface area contributed by atoms with E-state index in [1.165, 1.54) is 26.9 Å². The highest BCUT2D eigenvalue weighted by atomic mass is 16.6. The van der Waals surface area contributed by atoms with Crippen LogP contribution >= 0.6 is 0 Å². The zero-order valence-corrected chi connectivity index (χ0v) is 12.4. The van der Waals surface area contributed by atoms with Crippen LogP contribution in [0.1, 0.15) is 0 Å². The number of rotatable bonds is 2. The molecule has 110 valence electrons. The lowest BCUT2D eigenvalue weighted by Crippen LogP contribution is -1.97. The zero-order valence-electron chi connectivity index (χ0n) is 12.4. The molecular formula is C21H14O2. The van der Waals surface area contributed by atoms with E-state index in [9.17, 15) is 5.11 Å². The Morgan fingerprint density at radius 2 is 1.30 bits per heavy atom. The molecule has 0 saturated carbocycles. The Bertz CT molecular complexity index is 1160. The fourth-order valence-electron chi connectivity index (χ4n) is 3.78. The minimum atomic E-state index is -0.325. The van der Waals surface area contributed by atoms with Crippen LogP contribution in [-0.2, 0) is 0 Å². The van der Waals surface area contributed by atoms with E-state index >= 15 is 0 Å². The minimum Gasteiger partial charge on any atom is -0.466 e. The number of ether oxygens (including phenoxy) is 1. The lowest BCUT2D eigenvalue weighted by Gasteiger charge is -2.17. The molecule has 1 N–H and O–H groups in total. The first-order valence-electron chi connectivity index (χ1n) is 7.70. The predicted molar refractivity (Wildman–Crippen MR) is 95.4 cm³/mol. The summed E-state index contributed by atoms with van der Waals surface area (Å²) in [5, 5.41) is 18.7. The standard InChI is InChI=1S/C21H14O2/c22-12-23-21-17-7-2-1-6-15(17)16-10-8-13-4-3-5-14-9-11-18(21)20(16)19(13)14/h1-11,22H,12H2. The van der Waals surface area contributed by atoms with Crippen LogP contribution in [0.25, 0.3) is 43.1 Å². The molecule has 0 fully saturated rings. The summed E-state index contributed by atoms with van der Waals surface area (Å²) in [5.41, 5.74) is 0. The maximum Gasteiger partial charge on any atom is 0.186 e. The van der Waals surface area contributed by atoms with Gasteiger partial charge >= 0.3 is 0 Å². The van der Waals surface area contributed by atoms with E-state index in [1.54, 1.807) is 0 Å². The molecule has 0 heterocycles. The second-order valence-corrected chi connectivity index (χ2v) is 5.83. The molecule has 2 heteroatoms. The molecule has 0 aliphatic rings. The quantitative estimate of drug-likeness (QED) is 0.280. The first-order chi connectivity index (χ1) is 11.4. The van der Waals surface area contributed by atoms with Gasteiger partial charge in [-0.25, -0.2) is 0 Å². The molecule has 0 aliphatic heterocycles. The molecule has 0 bridgehead atoms. The van der Waals surface area contributed by atoms with Crippen LogP contribution in [0.5, 0.6) is 5.75 Å². The number of aliphatic hydroxyl groups is 1. The van der Waals surface area contributed by atoms with Crippen molar-refractivity contribution in [2.24, 2.45) is 0 Å². The van der Waals surface area contributed by atoms with Crippen molar-refractivity contribution in [1.82, 2.24) is 0 Å². The van der Waals surface area contributed by atoms with Crippen molar-refractivity contribution < 1.29 is 9.84 Å². The zero-order chi connectivity index (χ0) is 15.4. The summed E-state index contributed by atoms with van der Waals surface area (Å²) in [4.78, 5) is 0. The molecule has 0 atom stereocenters. The topological polar surface area (TPSA) is 29.5 Å². The van der Waals surface area contributed by atoms with E-state index < -0.39 is 0 Å². The summed E-state index contributed by atoms with van der Waals surface area (Å²) >= 11 is 0. The van der Waals surface area contributed by atoms with Gasteiger partial charge in [-0.2, -0.15) is 0 Å². The summed E-state index contributed by atoms with van der Waals surface area (Å²) in [5.74, 6) is 0.758. The molecule has 5 aromatic carbocycles. The first kappa shape index (κ1) is 12.7. The molecule has 0 radical (unpaired) electrons. The summed E-state index contributed by atoms with van der Waals surface area (Å²) in [6, 6.07) is 23.2. The van der Waals surface area contributed by atoms with Gasteiger partial charge in [-0.15, -0.1) is 0 Å². The van der Waals surface area contributed by atoms with Gasteiger partial charge in [0.1, 0.15) is 5.75 Å². The maximum absolute atomic E-state index is 9.35. The van der Waals surface area contributed by atoms with Gasteiger partial charge < -0.3 is 9.84 Å². The molecule has 5 aromatic rings. The molecule has 2 nitrogen and oxygen atoms in total. The molecule has 0 aromatic heterocycles. The van der Waals surface area contributed by atoms with Crippen molar-refractivity contribution in [2.75, 3.05) is 6.79 Å². The minimum absolute atomic E-state index is 0.325. The van der Waals surface area contributed by atoms with E-state index in [1.807, 2.05) is 12.1 Å². The average molecular weight is 298 g/mol. The normalized spacial score (nSPS) is 11.9.